The Morgan fingerprint density at radius 1 is 1.24 bits per heavy atom. The van der Waals surface area contributed by atoms with Crippen molar-refractivity contribution in [1.29, 1.82) is 0 Å². The molecular weight excluding hydrogens is 332 g/mol. The maximum atomic E-state index is 11.7. The van der Waals surface area contributed by atoms with Gasteiger partial charge in [-0.25, -0.2) is 4.79 Å². The first-order chi connectivity index (χ1) is 9.71. The molecule has 1 amide bonds. The Hall–Kier alpha value is -1.23. The number of anilines is 1. The summed E-state index contributed by atoms with van der Waals surface area (Å²) in [5.74, 6) is 0. The van der Waals surface area contributed by atoms with E-state index >= 15 is 0 Å². The molecule has 0 bridgehead atoms. The highest BCUT2D eigenvalue weighted by atomic mass is 79.9. The molecule has 1 aliphatic rings. The normalized spacial score (nSPS) is 21.4. The van der Waals surface area contributed by atoms with E-state index in [4.69, 9.17) is 4.74 Å². The third-order valence-corrected chi connectivity index (χ3v) is 3.73. The summed E-state index contributed by atoms with van der Waals surface area (Å²) in [6.07, 6.45) is 1.51. The van der Waals surface area contributed by atoms with Crippen LogP contribution in [0.1, 0.15) is 39.2 Å². The van der Waals surface area contributed by atoms with Crippen LogP contribution in [0.5, 0.6) is 0 Å². The highest BCUT2D eigenvalue weighted by Crippen LogP contribution is 2.27. The SMILES string of the molecule is Cc1cc(Br)cc(NC2CC(NC(=O)OC(C)(C)C)C2)c1. The minimum Gasteiger partial charge on any atom is -0.444 e. The number of carbonyl (C=O) groups excluding carboxylic acids is 1. The quantitative estimate of drug-likeness (QED) is 0.853. The van der Waals surface area contributed by atoms with E-state index in [0.717, 1.165) is 23.0 Å². The van der Waals surface area contributed by atoms with E-state index in [0.29, 0.717) is 6.04 Å². The van der Waals surface area contributed by atoms with E-state index < -0.39 is 5.60 Å². The highest BCUT2D eigenvalue weighted by Gasteiger charge is 2.31. The summed E-state index contributed by atoms with van der Waals surface area (Å²) in [6, 6.07) is 6.88. The third kappa shape index (κ3) is 5.23. The Morgan fingerprint density at radius 2 is 1.90 bits per heavy atom. The number of alkyl carbamates (subject to hydrolysis) is 1. The maximum absolute atomic E-state index is 11.7. The van der Waals surface area contributed by atoms with Crippen molar-refractivity contribution in [2.45, 2.75) is 58.2 Å². The number of nitrogens with one attached hydrogen (secondary N) is 2. The molecule has 2 rings (SSSR count). The lowest BCUT2D eigenvalue weighted by Crippen LogP contribution is -2.50. The Labute approximate surface area is 134 Å². The number of aryl methyl sites for hydroxylation is 1. The lowest BCUT2D eigenvalue weighted by Gasteiger charge is -2.37. The predicted molar refractivity (Wildman–Crippen MR) is 88.7 cm³/mol. The standard InChI is InChI=1S/C16H23BrN2O2/c1-10-5-11(17)7-12(6-10)18-13-8-14(9-13)19-15(20)21-16(2,3)4/h5-7,13-14,18H,8-9H2,1-4H3,(H,19,20). The first-order valence-corrected chi connectivity index (χ1v) is 8.04. The molecule has 2 N–H and O–H groups in total. The molecule has 0 aliphatic heterocycles. The molecule has 0 unspecified atom stereocenters. The van der Waals surface area contributed by atoms with Gasteiger partial charge in [0.05, 0.1) is 0 Å². The number of benzene rings is 1. The van der Waals surface area contributed by atoms with E-state index in [9.17, 15) is 4.79 Å². The molecule has 1 aliphatic carbocycles. The zero-order chi connectivity index (χ0) is 15.6. The Kier molecular flexibility index (Phi) is 4.81. The van der Waals surface area contributed by atoms with Gasteiger partial charge >= 0.3 is 6.09 Å². The van der Waals surface area contributed by atoms with E-state index in [1.807, 2.05) is 20.8 Å². The molecular formula is C16H23BrN2O2. The van der Waals surface area contributed by atoms with E-state index in [2.05, 4.69) is 51.7 Å². The van der Waals surface area contributed by atoms with Gasteiger partial charge in [0.15, 0.2) is 0 Å². The number of rotatable bonds is 3. The third-order valence-electron chi connectivity index (χ3n) is 3.27. The van der Waals surface area contributed by atoms with Gasteiger partial charge in [-0.1, -0.05) is 15.9 Å². The van der Waals surface area contributed by atoms with Gasteiger partial charge in [-0.05, 0) is 64.3 Å². The Bertz CT molecular complexity index is 499. The molecule has 116 valence electrons. The van der Waals surface area contributed by atoms with Crippen molar-refractivity contribution in [1.82, 2.24) is 5.32 Å². The molecule has 0 radical (unpaired) electrons. The number of amides is 1. The molecule has 1 aromatic carbocycles. The minimum absolute atomic E-state index is 0.200. The molecule has 1 aromatic rings. The molecule has 21 heavy (non-hydrogen) atoms. The van der Waals surface area contributed by atoms with Crippen LogP contribution in [0, 0.1) is 6.92 Å². The van der Waals surface area contributed by atoms with Crippen molar-refractivity contribution in [2.24, 2.45) is 0 Å². The van der Waals surface area contributed by atoms with Crippen LogP contribution in [0.3, 0.4) is 0 Å². The van der Waals surface area contributed by atoms with Gasteiger partial charge in [-0.2, -0.15) is 0 Å². The van der Waals surface area contributed by atoms with Crippen LogP contribution in [0.4, 0.5) is 10.5 Å². The van der Waals surface area contributed by atoms with Crippen molar-refractivity contribution >= 4 is 27.7 Å². The van der Waals surface area contributed by atoms with Gasteiger partial charge in [0, 0.05) is 22.2 Å². The number of carbonyl (C=O) groups is 1. The molecule has 0 spiro atoms. The van der Waals surface area contributed by atoms with Crippen molar-refractivity contribution in [2.75, 3.05) is 5.32 Å². The summed E-state index contributed by atoms with van der Waals surface area (Å²) < 4.78 is 6.33. The largest absolute Gasteiger partial charge is 0.444 e. The van der Waals surface area contributed by atoms with Crippen LogP contribution in [-0.2, 0) is 4.74 Å². The van der Waals surface area contributed by atoms with Crippen molar-refractivity contribution in [3.63, 3.8) is 0 Å². The first kappa shape index (κ1) is 16.1. The summed E-state index contributed by atoms with van der Waals surface area (Å²) >= 11 is 3.50. The number of halogens is 1. The average molecular weight is 355 g/mol. The van der Waals surface area contributed by atoms with Crippen molar-refractivity contribution in [3.05, 3.63) is 28.2 Å². The van der Waals surface area contributed by atoms with Crippen LogP contribution < -0.4 is 10.6 Å². The molecule has 0 atom stereocenters. The molecule has 0 heterocycles. The second-order valence-electron chi connectivity index (χ2n) is 6.67. The molecule has 0 saturated heterocycles. The topological polar surface area (TPSA) is 50.4 Å². The van der Waals surface area contributed by atoms with Crippen molar-refractivity contribution < 1.29 is 9.53 Å². The van der Waals surface area contributed by atoms with Gasteiger partial charge in [0.25, 0.3) is 0 Å². The molecule has 0 aromatic heterocycles. The average Bonchev–Trinajstić information content (AvgIpc) is 2.21. The summed E-state index contributed by atoms with van der Waals surface area (Å²) in [7, 11) is 0. The van der Waals surface area contributed by atoms with Crippen LogP contribution in [0.2, 0.25) is 0 Å². The fraction of sp³-hybridized carbons (Fsp3) is 0.562. The lowest BCUT2D eigenvalue weighted by atomic mass is 9.86. The fourth-order valence-electron chi connectivity index (χ4n) is 2.38. The predicted octanol–water partition coefficient (Wildman–Crippen LogP) is 4.23. The Balaban J connectivity index is 1.75. The molecule has 4 nitrogen and oxygen atoms in total. The minimum atomic E-state index is -0.445. The van der Waals surface area contributed by atoms with Gasteiger partial charge in [-0.3, -0.25) is 0 Å². The van der Waals surface area contributed by atoms with Crippen molar-refractivity contribution in [3.8, 4) is 0 Å². The van der Waals surface area contributed by atoms with Crippen LogP contribution in [0.25, 0.3) is 0 Å². The first-order valence-electron chi connectivity index (χ1n) is 7.24. The van der Waals surface area contributed by atoms with E-state index in [1.54, 1.807) is 0 Å². The monoisotopic (exact) mass is 354 g/mol. The van der Waals surface area contributed by atoms with Gasteiger partial charge in [0.1, 0.15) is 5.60 Å². The summed E-state index contributed by atoms with van der Waals surface area (Å²) in [5.41, 5.74) is 1.89. The Morgan fingerprint density at radius 3 is 2.48 bits per heavy atom. The maximum Gasteiger partial charge on any atom is 0.407 e. The molecule has 1 saturated carbocycles. The van der Waals surface area contributed by atoms with Crippen LogP contribution in [0.15, 0.2) is 22.7 Å². The van der Waals surface area contributed by atoms with Gasteiger partial charge in [0.2, 0.25) is 0 Å². The van der Waals surface area contributed by atoms with Gasteiger partial charge in [-0.15, -0.1) is 0 Å². The summed E-state index contributed by atoms with van der Waals surface area (Å²) in [5, 5.41) is 6.39. The second kappa shape index (κ2) is 6.26. The molecule has 1 fully saturated rings. The van der Waals surface area contributed by atoms with Crippen LogP contribution >= 0.6 is 15.9 Å². The van der Waals surface area contributed by atoms with Gasteiger partial charge < -0.3 is 15.4 Å². The zero-order valence-corrected chi connectivity index (χ0v) is 14.6. The number of hydrogen-bond donors (Lipinski definition) is 2. The summed E-state index contributed by atoms with van der Waals surface area (Å²) in [6.45, 7) is 7.68. The zero-order valence-electron chi connectivity index (χ0n) is 13.0. The van der Waals surface area contributed by atoms with Crippen LogP contribution in [-0.4, -0.2) is 23.8 Å². The summed E-state index contributed by atoms with van der Waals surface area (Å²) in [4.78, 5) is 11.7. The second-order valence-corrected chi connectivity index (χ2v) is 7.59. The van der Waals surface area contributed by atoms with E-state index in [1.165, 1.54) is 5.56 Å². The number of hydrogen-bond acceptors (Lipinski definition) is 3. The van der Waals surface area contributed by atoms with E-state index in [-0.39, 0.29) is 12.1 Å². The highest BCUT2D eigenvalue weighted by molar-refractivity contribution is 9.10. The molecule has 5 heteroatoms. The lowest BCUT2D eigenvalue weighted by molar-refractivity contribution is 0.0475. The fourth-order valence-corrected chi connectivity index (χ4v) is 2.99. The smallest absolute Gasteiger partial charge is 0.407 e. The number of ether oxygens (including phenoxy) is 1.